The van der Waals surface area contributed by atoms with Crippen molar-refractivity contribution in [3.05, 3.63) is 28.7 Å². The standard InChI is InChI=1S/C10H11BrN2O/c11-7-1-3-8(4-2-7)12-10(14)13-9-5-6-9/h1-4,9H,5-6H2,(H2,12,13,14). The summed E-state index contributed by atoms with van der Waals surface area (Å²) in [6.07, 6.45) is 2.21. The molecule has 1 aromatic carbocycles. The van der Waals surface area contributed by atoms with Gasteiger partial charge in [0.25, 0.3) is 0 Å². The summed E-state index contributed by atoms with van der Waals surface area (Å²) < 4.78 is 1.01. The molecule has 0 saturated heterocycles. The van der Waals surface area contributed by atoms with E-state index in [0.717, 1.165) is 23.0 Å². The molecule has 0 aliphatic heterocycles. The van der Waals surface area contributed by atoms with Gasteiger partial charge in [0.1, 0.15) is 0 Å². The second-order valence-corrected chi connectivity index (χ2v) is 4.30. The molecule has 2 amide bonds. The van der Waals surface area contributed by atoms with Crippen LogP contribution in [-0.2, 0) is 0 Å². The zero-order chi connectivity index (χ0) is 9.97. The number of carbonyl (C=O) groups is 1. The van der Waals surface area contributed by atoms with Gasteiger partial charge in [-0.2, -0.15) is 0 Å². The molecule has 14 heavy (non-hydrogen) atoms. The number of urea groups is 1. The largest absolute Gasteiger partial charge is 0.335 e. The first-order valence-electron chi connectivity index (χ1n) is 4.57. The van der Waals surface area contributed by atoms with E-state index in [1.54, 1.807) is 0 Å². The second kappa shape index (κ2) is 4.00. The Morgan fingerprint density at radius 3 is 2.50 bits per heavy atom. The summed E-state index contributed by atoms with van der Waals surface area (Å²) in [4.78, 5) is 11.3. The normalized spacial score (nSPS) is 14.9. The molecule has 0 unspecified atom stereocenters. The van der Waals surface area contributed by atoms with Crippen LogP contribution < -0.4 is 10.6 Å². The lowest BCUT2D eigenvalue weighted by molar-refractivity contribution is 0.251. The lowest BCUT2D eigenvalue weighted by Gasteiger charge is -2.05. The maximum absolute atomic E-state index is 11.3. The van der Waals surface area contributed by atoms with Crippen LogP contribution in [0.5, 0.6) is 0 Å². The first-order chi connectivity index (χ1) is 6.74. The maximum atomic E-state index is 11.3. The lowest BCUT2D eigenvalue weighted by Crippen LogP contribution is -2.30. The summed E-state index contributed by atoms with van der Waals surface area (Å²) in [5, 5.41) is 5.62. The molecule has 1 aliphatic rings. The highest BCUT2D eigenvalue weighted by molar-refractivity contribution is 9.10. The third-order valence-electron chi connectivity index (χ3n) is 2.01. The van der Waals surface area contributed by atoms with E-state index in [2.05, 4.69) is 26.6 Å². The molecule has 1 aliphatic carbocycles. The van der Waals surface area contributed by atoms with Crippen molar-refractivity contribution in [3.63, 3.8) is 0 Å². The zero-order valence-corrected chi connectivity index (χ0v) is 9.17. The van der Waals surface area contributed by atoms with E-state index >= 15 is 0 Å². The highest BCUT2D eigenvalue weighted by Gasteiger charge is 2.22. The number of anilines is 1. The Hall–Kier alpha value is -1.03. The van der Waals surface area contributed by atoms with E-state index in [9.17, 15) is 4.79 Å². The number of amides is 2. The number of hydrogen-bond acceptors (Lipinski definition) is 1. The van der Waals surface area contributed by atoms with Crippen molar-refractivity contribution >= 4 is 27.6 Å². The Bertz CT molecular complexity index is 332. The SMILES string of the molecule is O=C(Nc1ccc(Br)cc1)NC1CC1. The highest BCUT2D eigenvalue weighted by Crippen LogP contribution is 2.19. The number of hydrogen-bond donors (Lipinski definition) is 2. The summed E-state index contributed by atoms with van der Waals surface area (Å²) in [5.74, 6) is 0. The number of rotatable bonds is 2. The summed E-state index contributed by atoms with van der Waals surface area (Å²) in [6, 6.07) is 7.78. The molecule has 0 bridgehead atoms. The minimum absolute atomic E-state index is 0.116. The van der Waals surface area contributed by atoms with Crippen LogP contribution >= 0.6 is 15.9 Å². The van der Waals surface area contributed by atoms with Gasteiger partial charge >= 0.3 is 6.03 Å². The predicted octanol–water partition coefficient (Wildman–Crippen LogP) is 2.73. The molecular weight excluding hydrogens is 244 g/mol. The molecule has 0 spiro atoms. The second-order valence-electron chi connectivity index (χ2n) is 3.38. The van der Waals surface area contributed by atoms with Crippen molar-refractivity contribution in [1.29, 1.82) is 0 Å². The van der Waals surface area contributed by atoms with Crippen molar-refractivity contribution < 1.29 is 4.79 Å². The first kappa shape index (κ1) is 9.52. The minimum Gasteiger partial charge on any atom is -0.335 e. The fourth-order valence-electron chi connectivity index (χ4n) is 1.11. The topological polar surface area (TPSA) is 41.1 Å². The summed E-state index contributed by atoms with van der Waals surface area (Å²) >= 11 is 3.33. The molecule has 1 saturated carbocycles. The molecule has 1 fully saturated rings. The molecule has 2 rings (SSSR count). The van der Waals surface area contributed by atoms with Gasteiger partial charge in [-0.15, -0.1) is 0 Å². The Labute approximate surface area is 91.0 Å². The van der Waals surface area contributed by atoms with Gasteiger partial charge < -0.3 is 10.6 Å². The van der Waals surface area contributed by atoms with Gasteiger partial charge in [0.05, 0.1) is 0 Å². The first-order valence-corrected chi connectivity index (χ1v) is 5.36. The number of halogens is 1. The molecule has 0 aromatic heterocycles. The van der Waals surface area contributed by atoms with Crippen LogP contribution in [0.3, 0.4) is 0 Å². The summed E-state index contributed by atoms with van der Waals surface area (Å²) in [6.45, 7) is 0. The van der Waals surface area contributed by atoms with Crippen LogP contribution in [0.1, 0.15) is 12.8 Å². The maximum Gasteiger partial charge on any atom is 0.319 e. The van der Waals surface area contributed by atoms with E-state index < -0.39 is 0 Å². The third-order valence-corrected chi connectivity index (χ3v) is 2.54. The number of nitrogens with one attached hydrogen (secondary N) is 2. The van der Waals surface area contributed by atoms with Crippen molar-refractivity contribution in [2.45, 2.75) is 18.9 Å². The van der Waals surface area contributed by atoms with Crippen molar-refractivity contribution in [1.82, 2.24) is 5.32 Å². The minimum atomic E-state index is -0.116. The molecule has 0 radical (unpaired) electrons. The quantitative estimate of drug-likeness (QED) is 0.838. The Morgan fingerprint density at radius 1 is 1.29 bits per heavy atom. The molecule has 2 N–H and O–H groups in total. The Morgan fingerprint density at radius 2 is 1.93 bits per heavy atom. The van der Waals surface area contributed by atoms with E-state index in [0.29, 0.717) is 6.04 Å². The van der Waals surface area contributed by atoms with Gasteiger partial charge in [-0.1, -0.05) is 15.9 Å². The van der Waals surface area contributed by atoms with Crippen LogP contribution in [0.2, 0.25) is 0 Å². The highest BCUT2D eigenvalue weighted by atomic mass is 79.9. The molecule has 1 aromatic rings. The van der Waals surface area contributed by atoms with Crippen LogP contribution in [0.4, 0.5) is 10.5 Å². The molecule has 0 heterocycles. The monoisotopic (exact) mass is 254 g/mol. The molecule has 0 atom stereocenters. The van der Waals surface area contributed by atoms with Crippen LogP contribution in [-0.4, -0.2) is 12.1 Å². The van der Waals surface area contributed by atoms with Crippen LogP contribution in [0.25, 0.3) is 0 Å². The number of carbonyl (C=O) groups excluding carboxylic acids is 1. The Kier molecular flexibility index (Phi) is 2.72. The van der Waals surface area contributed by atoms with E-state index in [1.807, 2.05) is 24.3 Å². The summed E-state index contributed by atoms with van der Waals surface area (Å²) in [7, 11) is 0. The van der Waals surface area contributed by atoms with Gasteiger partial charge in [0.15, 0.2) is 0 Å². The van der Waals surface area contributed by atoms with E-state index in [4.69, 9.17) is 0 Å². The molecule has 3 nitrogen and oxygen atoms in total. The number of benzene rings is 1. The van der Waals surface area contributed by atoms with Crippen LogP contribution in [0, 0.1) is 0 Å². The van der Waals surface area contributed by atoms with Crippen LogP contribution in [0.15, 0.2) is 28.7 Å². The fourth-order valence-corrected chi connectivity index (χ4v) is 1.38. The predicted molar refractivity (Wildman–Crippen MR) is 59.3 cm³/mol. The smallest absolute Gasteiger partial charge is 0.319 e. The average molecular weight is 255 g/mol. The third kappa shape index (κ3) is 2.73. The van der Waals surface area contributed by atoms with Crippen molar-refractivity contribution in [3.8, 4) is 0 Å². The molecule has 4 heteroatoms. The van der Waals surface area contributed by atoms with E-state index in [1.165, 1.54) is 0 Å². The van der Waals surface area contributed by atoms with Gasteiger partial charge in [0, 0.05) is 16.2 Å². The van der Waals surface area contributed by atoms with Gasteiger partial charge in [-0.3, -0.25) is 0 Å². The van der Waals surface area contributed by atoms with Crippen molar-refractivity contribution in [2.75, 3.05) is 5.32 Å². The lowest BCUT2D eigenvalue weighted by atomic mass is 10.3. The van der Waals surface area contributed by atoms with E-state index in [-0.39, 0.29) is 6.03 Å². The van der Waals surface area contributed by atoms with Gasteiger partial charge in [0.2, 0.25) is 0 Å². The van der Waals surface area contributed by atoms with Crippen molar-refractivity contribution in [2.24, 2.45) is 0 Å². The average Bonchev–Trinajstić information content (AvgIpc) is 2.93. The summed E-state index contributed by atoms with van der Waals surface area (Å²) in [5.41, 5.74) is 0.811. The zero-order valence-electron chi connectivity index (χ0n) is 7.59. The van der Waals surface area contributed by atoms with Gasteiger partial charge in [-0.25, -0.2) is 4.79 Å². The fraction of sp³-hybridized carbons (Fsp3) is 0.300. The molecule has 74 valence electrons. The van der Waals surface area contributed by atoms with Gasteiger partial charge in [-0.05, 0) is 37.1 Å². The Balaban J connectivity index is 1.89. The molecular formula is C10H11BrN2O.